The Morgan fingerprint density at radius 3 is 3.04 bits per heavy atom. The van der Waals surface area contributed by atoms with Crippen LogP contribution >= 0.6 is 11.6 Å². The summed E-state index contributed by atoms with van der Waals surface area (Å²) in [5.74, 6) is 0.106. The predicted octanol–water partition coefficient (Wildman–Crippen LogP) is 1.35. The van der Waals surface area contributed by atoms with Crippen LogP contribution in [0.2, 0.25) is 5.02 Å². The number of carbonyl (C=O) groups excluding carboxylic acids is 1. The van der Waals surface area contributed by atoms with Crippen LogP contribution in [0.3, 0.4) is 0 Å². The quantitative estimate of drug-likeness (QED) is 0.745. The lowest BCUT2D eigenvalue weighted by Gasteiger charge is -2.27. The van der Waals surface area contributed by atoms with E-state index in [9.17, 15) is 4.79 Å². The van der Waals surface area contributed by atoms with Crippen LogP contribution in [0.15, 0.2) is 18.2 Å². The molecular weight excluding hydrogens is 330 g/mol. The zero-order valence-corrected chi connectivity index (χ0v) is 15.0. The molecule has 0 unspecified atom stereocenters. The van der Waals surface area contributed by atoms with Crippen molar-refractivity contribution < 1.29 is 14.6 Å². The van der Waals surface area contributed by atoms with Crippen molar-refractivity contribution in [2.24, 2.45) is 0 Å². The number of likely N-dealkylation sites (N-methyl/N-ethyl adjacent to an activating group) is 1. The molecule has 2 rings (SSSR count). The van der Waals surface area contributed by atoms with Gasteiger partial charge in [0.2, 0.25) is 0 Å². The van der Waals surface area contributed by atoms with Crippen molar-refractivity contribution in [3.63, 3.8) is 0 Å². The van der Waals surface area contributed by atoms with E-state index in [-0.39, 0.29) is 24.7 Å². The lowest BCUT2D eigenvalue weighted by molar-refractivity contribution is 0.0528. The second-order valence-electron chi connectivity index (χ2n) is 6.06. The predicted molar refractivity (Wildman–Crippen MR) is 94.7 cm³/mol. The molecule has 1 heterocycles. The van der Waals surface area contributed by atoms with Crippen molar-refractivity contribution >= 4 is 17.6 Å². The second-order valence-corrected chi connectivity index (χ2v) is 6.47. The Balaban J connectivity index is 2.06. The van der Waals surface area contributed by atoms with Gasteiger partial charge in [-0.05, 0) is 24.1 Å². The van der Waals surface area contributed by atoms with Crippen molar-refractivity contribution in [2.75, 3.05) is 46.4 Å². The number of rotatable bonds is 5. The first kappa shape index (κ1) is 19.0. The normalized spacial score (nSPS) is 21.2. The highest BCUT2D eigenvalue weighted by Gasteiger charge is 2.27. The molecule has 2 amide bonds. The van der Waals surface area contributed by atoms with Crippen molar-refractivity contribution in [1.82, 2.24) is 15.5 Å². The van der Waals surface area contributed by atoms with Crippen LogP contribution in [0.5, 0.6) is 0 Å². The van der Waals surface area contributed by atoms with Crippen LogP contribution in [0.4, 0.5) is 4.79 Å². The van der Waals surface area contributed by atoms with Gasteiger partial charge in [0.25, 0.3) is 0 Å². The minimum absolute atomic E-state index is 0.0573. The number of amides is 2. The van der Waals surface area contributed by atoms with Crippen molar-refractivity contribution in [1.29, 1.82) is 0 Å². The summed E-state index contributed by atoms with van der Waals surface area (Å²) in [5, 5.41) is 15.9. The number of aryl methyl sites for hydroxylation is 1. The number of nitrogens with one attached hydrogen (secondary N) is 2. The van der Waals surface area contributed by atoms with Gasteiger partial charge in [-0.15, -0.1) is 0 Å². The van der Waals surface area contributed by atoms with E-state index in [4.69, 9.17) is 21.4 Å². The maximum Gasteiger partial charge on any atom is 0.317 e. The van der Waals surface area contributed by atoms with Gasteiger partial charge < -0.3 is 25.4 Å². The topological polar surface area (TPSA) is 73.8 Å². The molecule has 1 aromatic carbocycles. The molecule has 24 heavy (non-hydrogen) atoms. The Morgan fingerprint density at radius 1 is 1.54 bits per heavy atom. The van der Waals surface area contributed by atoms with E-state index in [0.717, 1.165) is 29.2 Å². The van der Waals surface area contributed by atoms with E-state index in [0.29, 0.717) is 19.7 Å². The fraction of sp³-hybridized carbons (Fsp3) is 0.588. The summed E-state index contributed by atoms with van der Waals surface area (Å²) >= 11 is 6.26. The van der Waals surface area contributed by atoms with Gasteiger partial charge in [-0.2, -0.15) is 0 Å². The van der Waals surface area contributed by atoms with Gasteiger partial charge in [-0.1, -0.05) is 23.7 Å². The molecule has 0 radical (unpaired) electrons. The number of nitrogens with zero attached hydrogens (tertiary/aromatic N) is 1. The molecule has 0 aliphatic carbocycles. The summed E-state index contributed by atoms with van der Waals surface area (Å²) < 4.78 is 5.94. The molecular formula is C17H26ClN3O3. The van der Waals surface area contributed by atoms with Crippen molar-refractivity contribution in [3.8, 4) is 0 Å². The van der Waals surface area contributed by atoms with Gasteiger partial charge in [0.15, 0.2) is 0 Å². The van der Waals surface area contributed by atoms with Gasteiger partial charge in [-0.25, -0.2) is 4.79 Å². The summed E-state index contributed by atoms with van der Waals surface area (Å²) in [7, 11) is 1.65. The molecule has 1 fully saturated rings. The van der Waals surface area contributed by atoms with E-state index >= 15 is 0 Å². The summed E-state index contributed by atoms with van der Waals surface area (Å²) in [6.07, 6.45) is -0.134. The third kappa shape index (κ3) is 5.08. The first-order chi connectivity index (χ1) is 11.5. The highest BCUT2D eigenvalue weighted by Crippen LogP contribution is 2.27. The Hall–Kier alpha value is -1.34. The molecule has 2 atom stereocenters. The minimum Gasteiger partial charge on any atom is -0.395 e. The van der Waals surface area contributed by atoms with E-state index in [1.807, 2.05) is 19.1 Å². The number of hydrogen-bond donors (Lipinski definition) is 3. The maximum absolute atomic E-state index is 12.0. The highest BCUT2D eigenvalue weighted by molar-refractivity contribution is 6.31. The molecule has 0 saturated carbocycles. The largest absolute Gasteiger partial charge is 0.395 e. The summed E-state index contributed by atoms with van der Waals surface area (Å²) in [4.78, 5) is 13.5. The van der Waals surface area contributed by atoms with E-state index < -0.39 is 0 Å². The van der Waals surface area contributed by atoms with Crippen molar-refractivity contribution in [2.45, 2.75) is 18.9 Å². The molecule has 1 saturated heterocycles. The SMILES string of the molecule is Cc1ccc([C@@H]2CNCCO[C@@H]2CNC(=O)N(C)CCO)cc1Cl. The molecule has 3 N–H and O–H groups in total. The number of aliphatic hydroxyl groups is 1. The molecule has 7 heteroatoms. The molecule has 0 bridgehead atoms. The Kier molecular flexibility index (Phi) is 7.30. The first-order valence-electron chi connectivity index (χ1n) is 8.21. The van der Waals surface area contributed by atoms with Crippen LogP contribution in [-0.4, -0.2) is 68.6 Å². The summed E-state index contributed by atoms with van der Waals surface area (Å²) in [6.45, 7) is 4.78. The first-order valence-corrected chi connectivity index (χ1v) is 8.59. The zero-order chi connectivity index (χ0) is 17.5. The third-order valence-corrected chi connectivity index (χ3v) is 4.69. The summed E-state index contributed by atoms with van der Waals surface area (Å²) in [5.41, 5.74) is 2.14. The number of halogens is 1. The molecule has 0 spiro atoms. The highest BCUT2D eigenvalue weighted by atomic mass is 35.5. The number of hydrogen-bond acceptors (Lipinski definition) is 4. The van der Waals surface area contributed by atoms with E-state index in [2.05, 4.69) is 16.7 Å². The summed E-state index contributed by atoms with van der Waals surface area (Å²) in [6, 6.07) is 5.83. The number of urea groups is 1. The fourth-order valence-corrected chi connectivity index (χ4v) is 2.92. The van der Waals surface area contributed by atoms with Crippen LogP contribution < -0.4 is 10.6 Å². The Labute approximate surface area is 148 Å². The third-order valence-electron chi connectivity index (χ3n) is 4.28. The van der Waals surface area contributed by atoms with E-state index in [1.165, 1.54) is 4.90 Å². The number of aliphatic hydroxyl groups excluding tert-OH is 1. The van der Waals surface area contributed by atoms with Crippen LogP contribution in [0, 0.1) is 6.92 Å². The average molecular weight is 356 g/mol. The lowest BCUT2D eigenvalue weighted by atomic mass is 9.92. The van der Waals surface area contributed by atoms with Crippen LogP contribution in [0.1, 0.15) is 17.0 Å². The molecule has 134 valence electrons. The Morgan fingerprint density at radius 2 is 2.33 bits per heavy atom. The van der Waals surface area contributed by atoms with Gasteiger partial charge in [0.05, 0.1) is 19.3 Å². The minimum atomic E-state index is -0.217. The van der Waals surface area contributed by atoms with Crippen LogP contribution in [-0.2, 0) is 4.74 Å². The lowest BCUT2D eigenvalue weighted by Crippen LogP contribution is -2.44. The maximum atomic E-state index is 12.0. The van der Waals surface area contributed by atoms with Gasteiger partial charge in [-0.3, -0.25) is 0 Å². The molecule has 1 aliphatic heterocycles. The number of benzene rings is 1. The molecule has 1 aromatic rings. The van der Waals surface area contributed by atoms with Crippen molar-refractivity contribution in [3.05, 3.63) is 34.3 Å². The average Bonchev–Trinajstić information content (AvgIpc) is 2.80. The second kappa shape index (κ2) is 9.22. The standard InChI is InChI=1S/C17H26ClN3O3/c1-12-3-4-13(9-15(12)18)14-10-19-5-8-24-16(14)11-20-17(23)21(2)6-7-22/h3-4,9,14,16,19,22H,5-8,10-11H2,1-2H3,(H,20,23)/t14-,16+/m0/s1. The number of ether oxygens (including phenoxy) is 1. The van der Waals surface area contributed by atoms with Gasteiger partial charge in [0, 0.05) is 44.2 Å². The monoisotopic (exact) mass is 355 g/mol. The van der Waals surface area contributed by atoms with Crippen LogP contribution in [0.25, 0.3) is 0 Å². The van der Waals surface area contributed by atoms with Gasteiger partial charge >= 0.3 is 6.03 Å². The zero-order valence-electron chi connectivity index (χ0n) is 14.2. The molecule has 6 nitrogen and oxygen atoms in total. The van der Waals surface area contributed by atoms with E-state index in [1.54, 1.807) is 7.05 Å². The van der Waals surface area contributed by atoms with Gasteiger partial charge in [0.1, 0.15) is 0 Å². The number of carbonyl (C=O) groups is 1. The fourth-order valence-electron chi connectivity index (χ4n) is 2.74. The molecule has 1 aliphatic rings. The smallest absolute Gasteiger partial charge is 0.317 e. The Bertz CT molecular complexity index is 556. The molecule has 0 aromatic heterocycles.